The fourth-order valence-corrected chi connectivity index (χ4v) is 2.06. The molecular weight excluding hydrogens is 238 g/mol. The molecule has 0 N–H and O–H groups in total. The molecule has 0 bridgehead atoms. The van der Waals surface area contributed by atoms with E-state index in [-0.39, 0.29) is 11.7 Å². The third-order valence-electron chi connectivity index (χ3n) is 3.78. The smallest absolute Gasteiger partial charge is 0.223 e. The number of hydrogen-bond acceptors (Lipinski definition) is 2. The first kappa shape index (κ1) is 13.8. The third-order valence-corrected chi connectivity index (χ3v) is 3.78. The van der Waals surface area contributed by atoms with E-state index in [1.807, 2.05) is 24.3 Å². The molecule has 0 aromatic heterocycles. The molecule has 1 fully saturated rings. The zero-order valence-electron chi connectivity index (χ0n) is 11.7. The van der Waals surface area contributed by atoms with Gasteiger partial charge in [-0.2, -0.15) is 0 Å². The summed E-state index contributed by atoms with van der Waals surface area (Å²) in [5.41, 5.74) is 1.98. The largest absolute Gasteiger partial charge is 0.339 e. The molecule has 0 aliphatic carbocycles. The molecule has 2 rings (SSSR count). The lowest BCUT2D eigenvalue weighted by atomic mass is 9.96. The Morgan fingerprint density at radius 3 is 2.32 bits per heavy atom. The van der Waals surface area contributed by atoms with Crippen molar-refractivity contribution >= 4 is 11.7 Å². The second-order valence-corrected chi connectivity index (χ2v) is 5.24. The minimum absolute atomic E-state index is 0.0610. The van der Waals surface area contributed by atoms with E-state index in [1.54, 1.807) is 4.90 Å². The molecule has 0 spiro atoms. The summed E-state index contributed by atoms with van der Waals surface area (Å²) in [5, 5.41) is 0. The first-order chi connectivity index (χ1) is 9.11. The summed E-state index contributed by atoms with van der Waals surface area (Å²) in [6, 6.07) is 7.80. The molecule has 1 unspecified atom stereocenters. The number of nitrogens with zero attached hydrogens (tertiary/aromatic N) is 1. The molecule has 3 heteroatoms. The van der Waals surface area contributed by atoms with E-state index in [1.165, 1.54) is 5.56 Å². The second-order valence-electron chi connectivity index (χ2n) is 5.24. The first-order valence-electron chi connectivity index (χ1n) is 7.02. The van der Waals surface area contributed by atoms with Crippen LogP contribution in [0.1, 0.15) is 54.9 Å². The zero-order valence-corrected chi connectivity index (χ0v) is 11.7. The zero-order chi connectivity index (χ0) is 13.8. The van der Waals surface area contributed by atoms with Crippen LogP contribution in [-0.2, 0) is 4.79 Å². The monoisotopic (exact) mass is 259 g/mol. The maximum absolute atomic E-state index is 12.0. The predicted octanol–water partition coefficient (Wildman–Crippen LogP) is 3.01. The fourth-order valence-electron chi connectivity index (χ4n) is 2.06. The summed E-state index contributed by atoms with van der Waals surface area (Å²) in [7, 11) is 0. The van der Waals surface area contributed by atoms with Crippen LogP contribution in [0.25, 0.3) is 0 Å². The van der Waals surface area contributed by atoms with Crippen LogP contribution in [0, 0.1) is 0 Å². The van der Waals surface area contributed by atoms with Gasteiger partial charge < -0.3 is 4.90 Å². The minimum Gasteiger partial charge on any atom is -0.339 e. The van der Waals surface area contributed by atoms with Crippen molar-refractivity contribution in [3.05, 3.63) is 35.4 Å². The van der Waals surface area contributed by atoms with E-state index in [4.69, 9.17) is 0 Å². The van der Waals surface area contributed by atoms with Crippen molar-refractivity contribution in [2.45, 2.75) is 39.0 Å². The molecule has 3 nitrogen and oxygen atoms in total. The summed E-state index contributed by atoms with van der Waals surface area (Å²) in [5.74, 6) is 0.684. The highest BCUT2D eigenvalue weighted by atomic mass is 16.2. The molecule has 1 aliphatic rings. The Morgan fingerprint density at radius 1 is 1.16 bits per heavy atom. The van der Waals surface area contributed by atoms with Gasteiger partial charge in [-0.1, -0.05) is 38.1 Å². The Hall–Kier alpha value is -1.64. The van der Waals surface area contributed by atoms with Gasteiger partial charge in [0.25, 0.3) is 0 Å². The van der Waals surface area contributed by atoms with Crippen LogP contribution in [0.5, 0.6) is 0 Å². The van der Waals surface area contributed by atoms with Crippen molar-refractivity contribution in [2.24, 2.45) is 0 Å². The van der Waals surface area contributed by atoms with E-state index in [0.29, 0.717) is 24.3 Å². The third kappa shape index (κ3) is 3.66. The molecule has 1 heterocycles. The van der Waals surface area contributed by atoms with Gasteiger partial charge in [-0.3, -0.25) is 9.59 Å². The van der Waals surface area contributed by atoms with Gasteiger partial charge in [-0.15, -0.1) is 0 Å². The molecular formula is C16H21NO2. The maximum atomic E-state index is 12.0. The molecule has 1 aromatic carbocycles. The molecule has 1 amide bonds. The fraction of sp³-hybridized carbons (Fsp3) is 0.500. The van der Waals surface area contributed by atoms with Gasteiger partial charge in [-0.25, -0.2) is 0 Å². The molecule has 1 atom stereocenters. The van der Waals surface area contributed by atoms with Crippen molar-refractivity contribution in [3.8, 4) is 0 Å². The number of Topliss-reactive ketones (excluding diaryl/α,β-unsaturated/α-hetero) is 1. The van der Waals surface area contributed by atoms with E-state index in [2.05, 4.69) is 13.8 Å². The van der Waals surface area contributed by atoms with Gasteiger partial charge in [0.1, 0.15) is 0 Å². The van der Waals surface area contributed by atoms with Crippen LogP contribution < -0.4 is 0 Å². The number of carbonyl (C=O) groups excluding carboxylic acids is 2. The molecule has 1 saturated heterocycles. The van der Waals surface area contributed by atoms with E-state index >= 15 is 0 Å². The standard InChI is InChI=1S/C16H21NO2/c1-3-12(2)13-4-6-14(7-5-13)15(18)8-9-16(19)17-10-11-17/h4-7,12H,3,8-11H2,1-2H3. The van der Waals surface area contributed by atoms with Crippen LogP contribution in [0.15, 0.2) is 24.3 Å². The molecule has 102 valence electrons. The highest BCUT2D eigenvalue weighted by molar-refractivity contribution is 5.98. The van der Waals surface area contributed by atoms with Crippen LogP contribution in [-0.4, -0.2) is 29.7 Å². The average Bonchev–Trinajstić information content (AvgIpc) is 3.28. The van der Waals surface area contributed by atoms with Crippen LogP contribution in [0.2, 0.25) is 0 Å². The number of amides is 1. The highest BCUT2D eigenvalue weighted by Crippen LogP contribution is 2.19. The summed E-state index contributed by atoms with van der Waals surface area (Å²) in [6.07, 6.45) is 1.75. The number of carbonyl (C=O) groups is 2. The Bertz CT molecular complexity index is 460. The lowest BCUT2D eigenvalue weighted by molar-refractivity contribution is -0.125. The average molecular weight is 259 g/mol. The van der Waals surface area contributed by atoms with Gasteiger partial charge in [-0.05, 0) is 17.9 Å². The van der Waals surface area contributed by atoms with Gasteiger partial charge in [0.15, 0.2) is 5.78 Å². The predicted molar refractivity (Wildman–Crippen MR) is 75.3 cm³/mol. The number of rotatable bonds is 6. The number of benzene rings is 1. The van der Waals surface area contributed by atoms with Crippen LogP contribution >= 0.6 is 0 Å². The molecule has 1 aliphatic heterocycles. The Balaban J connectivity index is 1.89. The Labute approximate surface area is 114 Å². The van der Waals surface area contributed by atoms with Gasteiger partial charge >= 0.3 is 0 Å². The topological polar surface area (TPSA) is 37.1 Å². The Morgan fingerprint density at radius 2 is 1.79 bits per heavy atom. The van der Waals surface area contributed by atoms with Crippen molar-refractivity contribution in [2.75, 3.05) is 13.1 Å². The van der Waals surface area contributed by atoms with Crippen molar-refractivity contribution in [3.63, 3.8) is 0 Å². The SMILES string of the molecule is CCC(C)c1ccc(C(=O)CCC(=O)N2CC2)cc1. The van der Waals surface area contributed by atoms with Gasteiger partial charge in [0, 0.05) is 31.5 Å². The molecule has 1 aromatic rings. The first-order valence-corrected chi connectivity index (χ1v) is 7.02. The number of hydrogen-bond donors (Lipinski definition) is 0. The quantitative estimate of drug-likeness (QED) is 0.581. The molecule has 19 heavy (non-hydrogen) atoms. The van der Waals surface area contributed by atoms with Crippen molar-refractivity contribution in [1.29, 1.82) is 0 Å². The molecule has 0 saturated carbocycles. The van der Waals surface area contributed by atoms with Crippen LogP contribution in [0.4, 0.5) is 0 Å². The van der Waals surface area contributed by atoms with E-state index in [9.17, 15) is 9.59 Å². The van der Waals surface area contributed by atoms with Crippen LogP contribution in [0.3, 0.4) is 0 Å². The number of ketones is 1. The van der Waals surface area contributed by atoms with Gasteiger partial charge in [0.05, 0.1) is 0 Å². The van der Waals surface area contributed by atoms with Gasteiger partial charge in [0.2, 0.25) is 5.91 Å². The lowest BCUT2D eigenvalue weighted by Gasteiger charge is -2.09. The van der Waals surface area contributed by atoms with E-state index < -0.39 is 0 Å². The highest BCUT2D eigenvalue weighted by Gasteiger charge is 2.24. The Kier molecular flexibility index (Phi) is 4.35. The summed E-state index contributed by atoms with van der Waals surface area (Å²) in [4.78, 5) is 25.2. The summed E-state index contributed by atoms with van der Waals surface area (Å²) >= 11 is 0. The van der Waals surface area contributed by atoms with Crippen molar-refractivity contribution in [1.82, 2.24) is 4.90 Å². The summed E-state index contributed by atoms with van der Waals surface area (Å²) in [6.45, 7) is 6.05. The maximum Gasteiger partial charge on any atom is 0.223 e. The second kappa shape index (κ2) is 6.00. The normalized spacial score (nSPS) is 15.2. The molecule has 0 radical (unpaired) electrons. The van der Waals surface area contributed by atoms with E-state index in [0.717, 1.165) is 19.5 Å². The lowest BCUT2D eigenvalue weighted by Crippen LogP contribution is -2.12. The summed E-state index contributed by atoms with van der Waals surface area (Å²) < 4.78 is 0. The van der Waals surface area contributed by atoms with Crippen molar-refractivity contribution < 1.29 is 9.59 Å². The minimum atomic E-state index is 0.0610.